The summed E-state index contributed by atoms with van der Waals surface area (Å²) in [5.41, 5.74) is 1.72. The van der Waals surface area contributed by atoms with Gasteiger partial charge in [-0.1, -0.05) is 11.6 Å². The molecule has 2 aromatic rings. The number of nitrogens with zero attached hydrogens (tertiary/aromatic N) is 3. The Kier molecular flexibility index (Phi) is 2.91. The van der Waals surface area contributed by atoms with Gasteiger partial charge in [0, 0.05) is 12.2 Å². The van der Waals surface area contributed by atoms with Gasteiger partial charge in [0.15, 0.2) is 0 Å². The molecule has 1 amide bonds. The summed E-state index contributed by atoms with van der Waals surface area (Å²) < 4.78 is 13.1. The number of anilines is 1. The Balaban J connectivity index is 1.95. The fourth-order valence-corrected chi connectivity index (χ4v) is 2.31. The van der Waals surface area contributed by atoms with Crippen molar-refractivity contribution in [3.63, 3.8) is 0 Å². The van der Waals surface area contributed by atoms with Gasteiger partial charge in [-0.25, -0.2) is 9.37 Å². The van der Waals surface area contributed by atoms with Gasteiger partial charge >= 0.3 is 0 Å². The third-order valence-electron chi connectivity index (χ3n) is 3.01. The van der Waals surface area contributed by atoms with E-state index in [0.717, 1.165) is 5.56 Å². The fraction of sp³-hybridized carbons (Fsp3) is 0.154. The SMILES string of the molecule is O=C(c1cncc(Cl)n1)N1CCc2cc(F)ccc21. The number of halogens is 2. The molecule has 3 rings (SSSR count). The molecule has 0 saturated heterocycles. The zero-order valence-electron chi connectivity index (χ0n) is 9.81. The highest BCUT2D eigenvalue weighted by Gasteiger charge is 2.26. The Bertz CT molecular complexity index is 662. The predicted molar refractivity (Wildman–Crippen MR) is 68.8 cm³/mol. The van der Waals surface area contributed by atoms with Crippen LogP contribution in [0.15, 0.2) is 30.6 Å². The lowest BCUT2D eigenvalue weighted by Crippen LogP contribution is -2.29. The van der Waals surface area contributed by atoms with E-state index >= 15 is 0 Å². The quantitative estimate of drug-likeness (QED) is 0.804. The molecule has 0 spiro atoms. The Morgan fingerprint density at radius 3 is 3.00 bits per heavy atom. The molecule has 1 aliphatic heterocycles. The third-order valence-corrected chi connectivity index (χ3v) is 3.19. The second kappa shape index (κ2) is 4.59. The van der Waals surface area contributed by atoms with E-state index in [2.05, 4.69) is 9.97 Å². The molecule has 0 N–H and O–H groups in total. The summed E-state index contributed by atoms with van der Waals surface area (Å²) in [6.45, 7) is 0.506. The van der Waals surface area contributed by atoms with Gasteiger partial charge in [-0.3, -0.25) is 9.78 Å². The van der Waals surface area contributed by atoms with Crippen molar-refractivity contribution in [1.82, 2.24) is 9.97 Å². The average Bonchev–Trinajstić information content (AvgIpc) is 2.80. The highest BCUT2D eigenvalue weighted by atomic mass is 35.5. The summed E-state index contributed by atoms with van der Waals surface area (Å²) in [6.07, 6.45) is 3.37. The van der Waals surface area contributed by atoms with Crippen LogP contribution in [0.2, 0.25) is 5.15 Å². The molecule has 2 heterocycles. The maximum absolute atomic E-state index is 13.1. The van der Waals surface area contributed by atoms with E-state index in [1.54, 1.807) is 11.0 Å². The molecule has 1 aromatic heterocycles. The second-order valence-electron chi connectivity index (χ2n) is 4.21. The molecule has 0 aliphatic carbocycles. The standard InChI is InChI=1S/C13H9ClFN3O/c14-12-7-16-6-10(17-12)13(19)18-4-3-8-5-9(15)1-2-11(8)18/h1-2,5-7H,3-4H2. The van der Waals surface area contributed by atoms with Crippen molar-refractivity contribution in [1.29, 1.82) is 0 Å². The molecular formula is C13H9ClFN3O. The van der Waals surface area contributed by atoms with Crippen LogP contribution in [-0.2, 0) is 6.42 Å². The molecule has 0 fully saturated rings. The number of hydrogen-bond acceptors (Lipinski definition) is 3. The van der Waals surface area contributed by atoms with Gasteiger partial charge < -0.3 is 4.90 Å². The van der Waals surface area contributed by atoms with E-state index in [0.29, 0.717) is 18.7 Å². The van der Waals surface area contributed by atoms with Crippen molar-refractivity contribution in [3.05, 3.63) is 52.8 Å². The lowest BCUT2D eigenvalue weighted by Gasteiger charge is -2.16. The summed E-state index contributed by atoms with van der Waals surface area (Å²) in [5.74, 6) is -0.573. The summed E-state index contributed by atoms with van der Waals surface area (Å²) in [6, 6.07) is 4.40. The first kappa shape index (κ1) is 12.0. The van der Waals surface area contributed by atoms with Gasteiger partial charge in [-0.15, -0.1) is 0 Å². The first-order valence-electron chi connectivity index (χ1n) is 5.73. The van der Waals surface area contributed by atoms with Crippen molar-refractivity contribution >= 4 is 23.2 Å². The molecule has 1 aromatic carbocycles. The minimum absolute atomic E-state index is 0.171. The largest absolute Gasteiger partial charge is 0.306 e. The van der Waals surface area contributed by atoms with Crippen LogP contribution in [0.5, 0.6) is 0 Å². The van der Waals surface area contributed by atoms with Gasteiger partial charge in [-0.2, -0.15) is 0 Å². The Morgan fingerprint density at radius 2 is 2.21 bits per heavy atom. The maximum Gasteiger partial charge on any atom is 0.278 e. The Hall–Kier alpha value is -2.01. The van der Waals surface area contributed by atoms with E-state index < -0.39 is 0 Å². The lowest BCUT2D eigenvalue weighted by molar-refractivity contribution is 0.0984. The van der Waals surface area contributed by atoms with Crippen LogP contribution in [-0.4, -0.2) is 22.4 Å². The van der Waals surface area contributed by atoms with Crippen LogP contribution in [0, 0.1) is 5.82 Å². The van der Waals surface area contributed by atoms with Crippen LogP contribution >= 0.6 is 11.6 Å². The number of aromatic nitrogens is 2. The number of carbonyl (C=O) groups excluding carboxylic acids is 1. The zero-order chi connectivity index (χ0) is 13.4. The Labute approximate surface area is 113 Å². The normalized spacial score (nSPS) is 13.5. The van der Waals surface area contributed by atoms with Crippen molar-refractivity contribution in [3.8, 4) is 0 Å². The number of carbonyl (C=O) groups is 1. The van der Waals surface area contributed by atoms with E-state index in [9.17, 15) is 9.18 Å². The van der Waals surface area contributed by atoms with Gasteiger partial charge in [0.25, 0.3) is 5.91 Å². The monoisotopic (exact) mass is 277 g/mol. The minimum Gasteiger partial charge on any atom is -0.306 e. The van der Waals surface area contributed by atoms with Gasteiger partial charge in [-0.05, 0) is 30.2 Å². The van der Waals surface area contributed by atoms with Gasteiger partial charge in [0.05, 0.1) is 12.4 Å². The molecule has 19 heavy (non-hydrogen) atoms. The van der Waals surface area contributed by atoms with E-state index in [1.165, 1.54) is 24.5 Å². The van der Waals surface area contributed by atoms with Crippen LogP contribution in [0.25, 0.3) is 0 Å². The topological polar surface area (TPSA) is 46.1 Å². The first-order chi connectivity index (χ1) is 9.15. The van der Waals surface area contributed by atoms with Gasteiger partial charge in [0.1, 0.15) is 16.7 Å². The molecule has 0 bridgehead atoms. The maximum atomic E-state index is 13.1. The molecule has 6 heteroatoms. The molecular weight excluding hydrogens is 269 g/mol. The van der Waals surface area contributed by atoms with Crippen molar-refractivity contribution < 1.29 is 9.18 Å². The summed E-state index contributed by atoms with van der Waals surface area (Å²) >= 11 is 5.72. The molecule has 0 saturated carbocycles. The summed E-state index contributed by atoms with van der Waals surface area (Å²) in [7, 11) is 0. The van der Waals surface area contributed by atoms with Crippen LogP contribution in [0.3, 0.4) is 0 Å². The van der Waals surface area contributed by atoms with E-state index in [1.807, 2.05) is 0 Å². The Morgan fingerprint density at radius 1 is 1.37 bits per heavy atom. The second-order valence-corrected chi connectivity index (χ2v) is 4.59. The fourth-order valence-electron chi connectivity index (χ4n) is 2.16. The smallest absolute Gasteiger partial charge is 0.278 e. The highest BCUT2D eigenvalue weighted by Crippen LogP contribution is 2.29. The zero-order valence-corrected chi connectivity index (χ0v) is 10.6. The van der Waals surface area contributed by atoms with Crippen molar-refractivity contribution in [2.45, 2.75) is 6.42 Å². The van der Waals surface area contributed by atoms with E-state index in [-0.39, 0.29) is 22.6 Å². The van der Waals surface area contributed by atoms with Crippen LogP contribution in [0.1, 0.15) is 16.1 Å². The van der Waals surface area contributed by atoms with Crippen molar-refractivity contribution in [2.24, 2.45) is 0 Å². The minimum atomic E-state index is -0.296. The summed E-state index contributed by atoms with van der Waals surface area (Å²) in [4.78, 5) is 21.7. The summed E-state index contributed by atoms with van der Waals surface area (Å²) in [5, 5.41) is 0.171. The molecule has 1 aliphatic rings. The highest BCUT2D eigenvalue weighted by molar-refractivity contribution is 6.29. The number of hydrogen-bond donors (Lipinski definition) is 0. The van der Waals surface area contributed by atoms with Gasteiger partial charge in [0.2, 0.25) is 0 Å². The number of rotatable bonds is 1. The van der Waals surface area contributed by atoms with Crippen LogP contribution < -0.4 is 4.90 Å². The average molecular weight is 278 g/mol. The molecule has 0 unspecified atom stereocenters. The number of fused-ring (bicyclic) bond motifs is 1. The molecule has 0 radical (unpaired) electrons. The predicted octanol–water partition coefficient (Wildman–Crippen LogP) is 2.47. The first-order valence-corrected chi connectivity index (χ1v) is 6.11. The molecule has 0 atom stereocenters. The number of amides is 1. The van der Waals surface area contributed by atoms with E-state index in [4.69, 9.17) is 11.6 Å². The lowest BCUT2D eigenvalue weighted by atomic mass is 10.1. The third kappa shape index (κ3) is 2.17. The van der Waals surface area contributed by atoms with Crippen molar-refractivity contribution in [2.75, 3.05) is 11.4 Å². The van der Waals surface area contributed by atoms with Crippen LogP contribution in [0.4, 0.5) is 10.1 Å². The number of benzene rings is 1. The molecule has 96 valence electrons. The molecule has 4 nitrogen and oxygen atoms in total.